The molecule has 2 nitrogen and oxygen atoms in total. The van der Waals surface area contributed by atoms with Crippen LogP contribution in [0.25, 0.3) is 0 Å². The Balaban J connectivity index is 2.04. The van der Waals surface area contributed by atoms with E-state index in [1.165, 1.54) is 51.5 Å². The number of hydrogen-bond donors (Lipinski definition) is 1. The van der Waals surface area contributed by atoms with Gasteiger partial charge in [-0.3, -0.25) is 4.90 Å². The van der Waals surface area contributed by atoms with Crippen LogP contribution in [-0.2, 0) is 0 Å². The summed E-state index contributed by atoms with van der Waals surface area (Å²) in [6.07, 6.45) is 9.68. The number of rotatable bonds is 7. The summed E-state index contributed by atoms with van der Waals surface area (Å²) in [4.78, 5) is 2.86. The second-order valence-electron chi connectivity index (χ2n) is 8.16. The zero-order chi connectivity index (χ0) is 14.8. The van der Waals surface area contributed by atoms with Crippen molar-refractivity contribution in [1.29, 1.82) is 0 Å². The third-order valence-electron chi connectivity index (χ3n) is 5.93. The largest absolute Gasteiger partial charge is 0.329 e. The van der Waals surface area contributed by atoms with Crippen molar-refractivity contribution < 1.29 is 0 Å². The second kappa shape index (κ2) is 6.79. The first-order chi connectivity index (χ1) is 9.48. The van der Waals surface area contributed by atoms with Crippen LogP contribution in [0.3, 0.4) is 0 Å². The highest BCUT2D eigenvalue weighted by molar-refractivity contribution is 5.06. The van der Waals surface area contributed by atoms with Crippen molar-refractivity contribution in [3.8, 4) is 0 Å². The Morgan fingerprint density at radius 3 is 2.15 bits per heavy atom. The van der Waals surface area contributed by atoms with E-state index in [-0.39, 0.29) is 0 Å². The summed E-state index contributed by atoms with van der Waals surface area (Å²) in [6.45, 7) is 11.6. The first-order valence-electron chi connectivity index (χ1n) is 8.95. The molecule has 0 saturated heterocycles. The van der Waals surface area contributed by atoms with E-state index in [9.17, 15) is 0 Å². The van der Waals surface area contributed by atoms with E-state index in [2.05, 4.69) is 32.6 Å². The van der Waals surface area contributed by atoms with Crippen molar-refractivity contribution in [1.82, 2.24) is 4.90 Å². The Morgan fingerprint density at radius 1 is 1.10 bits per heavy atom. The van der Waals surface area contributed by atoms with Gasteiger partial charge >= 0.3 is 0 Å². The highest BCUT2D eigenvalue weighted by Gasteiger charge is 2.50. The minimum absolute atomic E-state index is 0.346. The summed E-state index contributed by atoms with van der Waals surface area (Å²) in [5, 5.41) is 0. The Kier molecular flexibility index (Phi) is 5.53. The second-order valence-corrected chi connectivity index (χ2v) is 8.16. The smallest absolute Gasteiger partial charge is 0.0340 e. The van der Waals surface area contributed by atoms with Crippen LogP contribution in [0.2, 0.25) is 0 Å². The summed E-state index contributed by atoms with van der Waals surface area (Å²) < 4.78 is 0. The van der Waals surface area contributed by atoms with E-state index >= 15 is 0 Å². The molecule has 0 aromatic carbocycles. The Morgan fingerprint density at radius 2 is 1.70 bits per heavy atom. The average molecular weight is 280 g/mol. The van der Waals surface area contributed by atoms with Gasteiger partial charge in [0.25, 0.3) is 0 Å². The van der Waals surface area contributed by atoms with Crippen LogP contribution in [0.4, 0.5) is 0 Å². The lowest BCUT2D eigenvalue weighted by atomic mass is 9.62. The normalized spacial score (nSPS) is 31.5. The number of nitrogens with two attached hydrogens (primary N) is 1. The van der Waals surface area contributed by atoms with Gasteiger partial charge < -0.3 is 5.73 Å². The van der Waals surface area contributed by atoms with Crippen LogP contribution in [0.5, 0.6) is 0 Å². The van der Waals surface area contributed by atoms with Crippen LogP contribution in [-0.4, -0.2) is 29.6 Å². The van der Waals surface area contributed by atoms with E-state index in [1.54, 1.807) is 0 Å². The predicted octanol–water partition coefficient (Wildman–Crippen LogP) is 4.04. The molecule has 0 heterocycles. The van der Waals surface area contributed by atoms with E-state index in [4.69, 9.17) is 5.73 Å². The predicted molar refractivity (Wildman–Crippen MR) is 87.8 cm³/mol. The molecular weight excluding hydrogens is 244 g/mol. The van der Waals surface area contributed by atoms with Crippen LogP contribution >= 0.6 is 0 Å². The van der Waals surface area contributed by atoms with Gasteiger partial charge in [-0.1, -0.05) is 40.5 Å². The summed E-state index contributed by atoms with van der Waals surface area (Å²) in [7, 11) is 0. The van der Waals surface area contributed by atoms with Gasteiger partial charge in [-0.15, -0.1) is 0 Å². The molecule has 0 aromatic rings. The molecule has 2 aliphatic rings. The van der Waals surface area contributed by atoms with Crippen LogP contribution in [0.1, 0.15) is 72.6 Å². The van der Waals surface area contributed by atoms with Gasteiger partial charge in [0.2, 0.25) is 0 Å². The molecular formula is C18H36N2. The molecule has 20 heavy (non-hydrogen) atoms. The lowest BCUT2D eigenvalue weighted by Crippen LogP contribution is -2.65. The molecule has 0 amide bonds. The first-order valence-corrected chi connectivity index (χ1v) is 8.95. The van der Waals surface area contributed by atoms with Crippen LogP contribution in [0.15, 0.2) is 0 Å². The van der Waals surface area contributed by atoms with Gasteiger partial charge in [0.15, 0.2) is 0 Å². The third kappa shape index (κ3) is 3.39. The lowest BCUT2D eigenvalue weighted by Gasteiger charge is -2.57. The fourth-order valence-corrected chi connectivity index (χ4v) is 4.33. The number of hydrogen-bond acceptors (Lipinski definition) is 2. The molecule has 0 bridgehead atoms. The van der Waals surface area contributed by atoms with Gasteiger partial charge in [-0.25, -0.2) is 0 Å². The molecule has 118 valence electrons. The average Bonchev–Trinajstić information content (AvgIpc) is 2.84. The molecule has 2 saturated carbocycles. The molecule has 0 aliphatic heterocycles. The van der Waals surface area contributed by atoms with Gasteiger partial charge in [0, 0.05) is 18.1 Å². The fourth-order valence-electron chi connectivity index (χ4n) is 4.33. The van der Waals surface area contributed by atoms with Gasteiger partial charge in [0.05, 0.1) is 0 Å². The molecule has 2 N–H and O–H groups in total. The van der Waals surface area contributed by atoms with Crippen molar-refractivity contribution in [3.63, 3.8) is 0 Å². The van der Waals surface area contributed by atoms with E-state index in [0.29, 0.717) is 5.54 Å². The minimum atomic E-state index is 0.346. The summed E-state index contributed by atoms with van der Waals surface area (Å²) >= 11 is 0. The SMILES string of the molecule is CC(C)CCN(C1CCCC1)C1(CN)CC(C(C)C)C1. The molecule has 2 heteroatoms. The quantitative estimate of drug-likeness (QED) is 0.762. The lowest BCUT2D eigenvalue weighted by molar-refractivity contribution is -0.0603. The van der Waals surface area contributed by atoms with Gasteiger partial charge in [-0.05, 0) is 56.4 Å². The van der Waals surface area contributed by atoms with Crippen molar-refractivity contribution >= 4 is 0 Å². The Hall–Kier alpha value is -0.0800. The number of nitrogens with zero attached hydrogens (tertiary/aromatic N) is 1. The van der Waals surface area contributed by atoms with Crippen molar-refractivity contribution in [2.24, 2.45) is 23.5 Å². The summed E-state index contributed by atoms with van der Waals surface area (Å²) in [6, 6.07) is 0.824. The molecule has 0 aromatic heterocycles. The minimum Gasteiger partial charge on any atom is -0.329 e. The van der Waals surface area contributed by atoms with Crippen molar-refractivity contribution in [2.75, 3.05) is 13.1 Å². The summed E-state index contributed by atoms with van der Waals surface area (Å²) in [5.74, 6) is 2.53. The first kappa shape index (κ1) is 16.3. The maximum absolute atomic E-state index is 6.26. The molecule has 2 aliphatic carbocycles. The van der Waals surface area contributed by atoms with E-state index in [1.807, 2.05) is 0 Å². The summed E-state index contributed by atoms with van der Waals surface area (Å²) in [5.41, 5.74) is 6.61. The molecule has 0 radical (unpaired) electrons. The molecule has 0 unspecified atom stereocenters. The maximum Gasteiger partial charge on any atom is 0.0340 e. The molecule has 2 rings (SSSR count). The monoisotopic (exact) mass is 280 g/mol. The Labute approximate surface area is 126 Å². The molecule has 0 atom stereocenters. The van der Waals surface area contributed by atoms with Crippen LogP contribution < -0.4 is 5.73 Å². The molecule has 2 fully saturated rings. The standard InChI is InChI=1S/C18H36N2/c1-14(2)9-10-20(17-7-5-6-8-17)18(13-19)11-16(12-18)15(3)4/h14-17H,5-13,19H2,1-4H3. The van der Waals surface area contributed by atoms with E-state index < -0.39 is 0 Å². The van der Waals surface area contributed by atoms with Crippen LogP contribution in [0, 0.1) is 17.8 Å². The van der Waals surface area contributed by atoms with E-state index in [0.717, 1.165) is 30.3 Å². The highest BCUT2D eigenvalue weighted by atomic mass is 15.2. The third-order valence-corrected chi connectivity index (χ3v) is 5.93. The maximum atomic E-state index is 6.26. The highest BCUT2D eigenvalue weighted by Crippen LogP contribution is 2.47. The fraction of sp³-hybridized carbons (Fsp3) is 1.00. The Bertz CT molecular complexity index is 286. The zero-order valence-electron chi connectivity index (χ0n) is 14.2. The van der Waals surface area contributed by atoms with Gasteiger partial charge in [-0.2, -0.15) is 0 Å². The van der Waals surface area contributed by atoms with Gasteiger partial charge in [0.1, 0.15) is 0 Å². The van der Waals surface area contributed by atoms with Crippen molar-refractivity contribution in [3.05, 3.63) is 0 Å². The zero-order valence-corrected chi connectivity index (χ0v) is 14.2. The molecule has 0 spiro atoms. The van der Waals surface area contributed by atoms with Crippen molar-refractivity contribution in [2.45, 2.75) is 84.2 Å². The topological polar surface area (TPSA) is 29.3 Å².